The fourth-order valence-corrected chi connectivity index (χ4v) is 4.85. The van der Waals surface area contributed by atoms with Gasteiger partial charge in [0.25, 0.3) is 0 Å². The topological polar surface area (TPSA) is 65.0 Å². The molecule has 0 spiro atoms. The smallest absolute Gasteiger partial charge is 0.164 e. The number of para-hydroxylation sites is 1. The lowest BCUT2D eigenvalue weighted by atomic mass is 10.1. The van der Waals surface area contributed by atoms with Crippen molar-refractivity contribution in [2.75, 3.05) is 0 Å². The van der Waals surface area contributed by atoms with Crippen LogP contribution in [0.2, 0.25) is 0 Å². The molecule has 0 N–H and O–H groups in total. The molecule has 0 atom stereocenters. The Morgan fingerprint density at radius 2 is 1.24 bits per heavy atom. The van der Waals surface area contributed by atoms with Crippen LogP contribution in [0.25, 0.3) is 72.2 Å². The molecule has 180 valence electrons. The van der Waals surface area contributed by atoms with E-state index >= 15 is 0 Å². The number of allylic oxidation sites excluding steroid dienone is 4. The molecule has 0 aliphatic carbocycles. The van der Waals surface area contributed by atoms with Crippen LogP contribution in [0.3, 0.4) is 0 Å². The summed E-state index contributed by atoms with van der Waals surface area (Å²) in [5.41, 5.74) is 5.69. The molecule has 5 heteroatoms. The van der Waals surface area contributed by atoms with E-state index in [1.807, 2.05) is 72.8 Å². The van der Waals surface area contributed by atoms with Crippen molar-refractivity contribution < 1.29 is 8.83 Å². The lowest BCUT2D eigenvalue weighted by molar-refractivity contribution is 0.656. The molecular weight excluding hydrogens is 470 g/mol. The van der Waals surface area contributed by atoms with Crippen LogP contribution in [0.15, 0.2) is 125 Å². The molecule has 4 aromatic carbocycles. The number of rotatable bonds is 5. The number of fused-ring (bicyclic) bond motifs is 6. The van der Waals surface area contributed by atoms with Crippen LogP contribution in [0.4, 0.5) is 0 Å². The molecule has 0 saturated heterocycles. The van der Waals surface area contributed by atoms with Crippen molar-refractivity contribution >= 4 is 49.5 Å². The van der Waals surface area contributed by atoms with Crippen LogP contribution in [0.5, 0.6) is 0 Å². The maximum absolute atomic E-state index is 6.30. The van der Waals surface area contributed by atoms with Gasteiger partial charge in [-0.2, -0.15) is 0 Å². The number of hydrogen-bond donors (Lipinski definition) is 0. The molecule has 0 aliphatic heterocycles. The number of nitrogens with zero attached hydrogens (tertiary/aromatic N) is 3. The molecule has 0 saturated carbocycles. The highest BCUT2D eigenvalue weighted by molar-refractivity contribution is 6.15. The monoisotopic (exact) mass is 491 g/mol. The third kappa shape index (κ3) is 3.52. The fraction of sp³-hybridized carbons (Fsp3) is 0. The first-order valence-corrected chi connectivity index (χ1v) is 12.3. The Balaban J connectivity index is 1.41. The average molecular weight is 492 g/mol. The third-order valence-corrected chi connectivity index (χ3v) is 6.67. The zero-order chi connectivity index (χ0) is 25.6. The van der Waals surface area contributed by atoms with E-state index in [2.05, 4.69) is 31.4 Å². The van der Waals surface area contributed by atoms with Crippen molar-refractivity contribution in [1.82, 2.24) is 15.0 Å². The normalized spacial score (nSPS) is 12.1. The molecule has 0 aliphatic rings. The highest BCUT2D eigenvalue weighted by atomic mass is 16.3. The second-order valence-corrected chi connectivity index (χ2v) is 8.99. The number of benzene rings is 4. The van der Waals surface area contributed by atoms with Crippen molar-refractivity contribution in [3.63, 3.8) is 0 Å². The Morgan fingerprint density at radius 1 is 0.579 bits per heavy atom. The number of aromatic nitrogens is 3. The summed E-state index contributed by atoms with van der Waals surface area (Å²) >= 11 is 0. The van der Waals surface area contributed by atoms with Gasteiger partial charge in [0.1, 0.15) is 22.3 Å². The Bertz CT molecular complexity index is 2060. The van der Waals surface area contributed by atoms with Gasteiger partial charge in [0.2, 0.25) is 0 Å². The minimum Gasteiger partial charge on any atom is -0.456 e. The lowest BCUT2D eigenvalue weighted by Gasteiger charge is -2.08. The minimum atomic E-state index is 0.528. The van der Waals surface area contributed by atoms with Crippen molar-refractivity contribution in [2.24, 2.45) is 0 Å². The lowest BCUT2D eigenvalue weighted by Crippen LogP contribution is -2.02. The second kappa shape index (κ2) is 8.68. The maximum Gasteiger partial charge on any atom is 0.164 e. The second-order valence-electron chi connectivity index (χ2n) is 8.99. The van der Waals surface area contributed by atoms with E-state index in [4.69, 9.17) is 23.8 Å². The predicted octanol–water partition coefficient (Wildman–Crippen LogP) is 8.76. The SMILES string of the molecule is C=C/C=C(\C=C)c1nc(-c2ccccc2)nc(-c2ccc3c(c2)oc2cc4oc5ccccc5c4cc23)n1. The Morgan fingerprint density at radius 3 is 2.00 bits per heavy atom. The first-order chi connectivity index (χ1) is 18.7. The van der Waals surface area contributed by atoms with E-state index in [0.717, 1.165) is 60.6 Å². The Labute approximate surface area is 218 Å². The van der Waals surface area contributed by atoms with Crippen molar-refractivity contribution in [1.29, 1.82) is 0 Å². The van der Waals surface area contributed by atoms with E-state index < -0.39 is 0 Å². The molecule has 0 fully saturated rings. The van der Waals surface area contributed by atoms with Gasteiger partial charge in [-0.15, -0.1) is 0 Å². The van der Waals surface area contributed by atoms with Gasteiger partial charge in [-0.05, 0) is 24.3 Å². The summed E-state index contributed by atoms with van der Waals surface area (Å²) in [6.45, 7) is 7.73. The van der Waals surface area contributed by atoms with E-state index in [1.54, 1.807) is 12.2 Å². The molecule has 0 radical (unpaired) electrons. The molecule has 3 aromatic heterocycles. The number of furan rings is 2. The molecule has 38 heavy (non-hydrogen) atoms. The van der Waals surface area contributed by atoms with Crippen LogP contribution < -0.4 is 0 Å². The van der Waals surface area contributed by atoms with Crippen LogP contribution in [0.1, 0.15) is 5.82 Å². The van der Waals surface area contributed by atoms with Gasteiger partial charge < -0.3 is 8.83 Å². The standard InChI is InChI=1S/C33H21N3O2/c1-3-10-20(4-2)31-34-32(21-11-6-5-7-12-21)36-33(35-31)22-15-16-24-26-18-25-23-13-8-9-14-27(23)37-29(25)19-30(26)38-28(24)17-22/h3-19H,1-2H2/b20-10+. The maximum atomic E-state index is 6.30. The van der Waals surface area contributed by atoms with Gasteiger partial charge in [-0.3, -0.25) is 0 Å². The van der Waals surface area contributed by atoms with Crippen molar-refractivity contribution in [3.8, 4) is 22.8 Å². The zero-order valence-corrected chi connectivity index (χ0v) is 20.4. The van der Waals surface area contributed by atoms with E-state index in [9.17, 15) is 0 Å². The Kier molecular flexibility index (Phi) is 5.01. The highest BCUT2D eigenvalue weighted by Crippen LogP contribution is 2.37. The van der Waals surface area contributed by atoms with Crippen LogP contribution in [-0.4, -0.2) is 15.0 Å². The summed E-state index contributed by atoms with van der Waals surface area (Å²) in [7, 11) is 0. The summed E-state index contributed by atoms with van der Waals surface area (Å²) in [6, 6.07) is 28.1. The van der Waals surface area contributed by atoms with Crippen LogP contribution in [0, 0.1) is 0 Å². The highest BCUT2D eigenvalue weighted by Gasteiger charge is 2.16. The zero-order valence-electron chi connectivity index (χ0n) is 20.4. The molecule has 0 amide bonds. The summed E-state index contributed by atoms with van der Waals surface area (Å²) in [6.07, 6.45) is 5.25. The predicted molar refractivity (Wildman–Crippen MR) is 154 cm³/mol. The minimum absolute atomic E-state index is 0.528. The first-order valence-electron chi connectivity index (χ1n) is 12.3. The number of hydrogen-bond acceptors (Lipinski definition) is 5. The molecule has 0 unspecified atom stereocenters. The average Bonchev–Trinajstić information content (AvgIpc) is 3.51. The van der Waals surface area contributed by atoms with Crippen LogP contribution in [-0.2, 0) is 0 Å². The third-order valence-electron chi connectivity index (χ3n) is 6.67. The van der Waals surface area contributed by atoms with Gasteiger partial charge in [-0.25, -0.2) is 15.0 Å². The van der Waals surface area contributed by atoms with Gasteiger partial charge in [0.05, 0.1) is 0 Å². The first kappa shape index (κ1) is 21.9. The van der Waals surface area contributed by atoms with Gasteiger partial charge in [0.15, 0.2) is 17.5 Å². The van der Waals surface area contributed by atoms with Crippen molar-refractivity contribution in [3.05, 3.63) is 122 Å². The van der Waals surface area contributed by atoms with E-state index in [0.29, 0.717) is 17.5 Å². The summed E-state index contributed by atoms with van der Waals surface area (Å²) < 4.78 is 12.4. The molecule has 7 aromatic rings. The Hall–Kier alpha value is -5.29. The summed E-state index contributed by atoms with van der Waals surface area (Å²) in [4.78, 5) is 14.3. The van der Waals surface area contributed by atoms with Gasteiger partial charge >= 0.3 is 0 Å². The quantitative estimate of drug-likeness (QED) is 0.225. The van der Waals surface area contributed by atoms with E-state index in [1.165, 1.54) is 0 Å². The fourth-order valence-electron chi connectivity index (χ4n) is 4.85. The van der Waals surface area contributed by atoms with Crippen LogP contribution >= 0.6 is 0 Å². The molecular formula is C33H21N3O2. The molecule has 7 rings (SSSR count). The summed E-state index contributed by atoms with van der Waals surface area (Å²) in [5, 5.41) is 4.22. The van der Waals surface area contributed by atoms with Gasteiger partial charge in [-0.1, -0.05) is 86.0 Å². The van der Waals surface area contributed by atoms with E-state index in [-0.39, 0.29) is 0 Å². The molecule has 0 bridgehead atoms. The van der Waals surface area contributed by atoms with Crippen molar-refractivity contribution in [2.45, 2.75) is 0 Å². The summed E-state index contributed by atoms with van der Waals surface area (Å²) in [5.74, 6) is 1.66. The molecule has 3 heterocycles. The van der Waals surface area contributed by atoms with Gasteiger partial charge in [0, 0.05) is 44.3 Å². The molecule has 5 nitrogen and oxygen atoms in total. The largest absolute Gasteiger partial charge is 0.456 e.